The molecule has 6 heteroatoms. The van der Waals surface area contributed by atoms with Gasteiger partial charge in [0.25, 0.3) is 0 Å². The summed E-state index contributed by atoms with van der Waals surface area (Å²) in [6, 6.07) is 0. The van der Waals surface area contributed by atoms with Crippen molar-refractivity contribution < 1.29 is 23.0 Å². The van der Waals surface area contributed by atoms with Gasteiger partial charge in [-0.1, -0.05) is 0 Å². The van der Waals surface area contributed by atoms with E-state index in [0.717, 1.165) is 19.4 Å². The smallest absolute Gasteiger partial charge is 0.393 e. The van der Waals surface area contributed by atoms with Gasteiger partial charge in [-0.15, -0.1) is 0 Å². The molecular formula is C10H18F3NO2. The first kappa shape index (κ1) is 13.7. The third-order valence-electron chi connectivity index (χ3n) is 2.55. The maximum atomic E-state index is 11.7. The maximum absolute atomic E-state index is 11.7. The number of alkyl halides is 3. The number of ether oxygens (including phenoxy) is 1. The van der Waals surface area contributed by atoms with E-state index in [-0.39, 0.29) is 12.7 Å². The van der Waals surface area contributed by atoms with Crippen LogP contribution in [-0.2, 0) is 4.74 Å². The predicted octanol–water partition coefficient (Wildman–Crippen LogP) is 1.32. The van der Waals surface area contributed by atoms with Gasteiger partial charge in [-0.05, 0) is 38.3 Å². The van der Waals surface area contributed by atoms with Crippen molar-refractivity contribution in [2.45, 2.75) is 31.5 Å². The molecule has 0 heterocycles. The monoisotopic (exact) mass is 241 g/mol. The Balaban J connectivity index is 1.78. The maximum Gasteiger partial charge on any atom is 0.411 e. The van der Waals surface area contributed by atoms with Gasteiger partial charge >= 0.3 is 6.18 Å². The average Bonchev–Trinajstić information content (AvgIpc) is 2.11. The Morgan fingerprint density at radius 1 is 1.31 bits per heavy atom. The molecule has 0 radical (unpaired) electrons. The van der Waals surface area contributed by atoms with Crippen molar-refractivity contribution in [3.8, 4) is 0 Å². The van der Waals surface area contributed by atoms with E-state index in [2.05, 4.69) is 10.1 Å². The van der Waals surface area contributed by atoms with Gasteiger partial charge in [-0.25, -0.2) is 0 Å². The topological polar surface area (TPSA) is 41.5 Å². The zero-order valence-electron chi connectivity index (χ0n) is 9.09. The van der Waals surface area contributed by atoms with Crippen LogP contribution < -0.4 is 5.32 Å². The first-order valence-corrected chi connectivity index (χ1v) is 5.50. The van der Waals surface area contributed by atoms with Crippen molar-refractivity contribution >= 4 is 0 Å². The van der Waals surface area contributed by atoms with Crippen molar-refractivity contribution in [1.82, 2.24) is 5.32 Å². The first-order chi connectivity index (χ1) is 7.47. The molecule has 1 rings (SSSR count). The summed E-state index contributed by atoms with van der Waals surface area (Å²) in [5.41, 5.74) is 0. The van der Waals surface area contributed by atoms with Crippen LogP contribution in [0.25, 0.3) is 0 Å². The summed E-state index contributed by atoms with van der Waals surface area (Å²) in [7, 11) is 0. The standard InChI is InChI=1S/C10H18F3NO2/c11-10(12,13)7-16-3-1-2-14-6-8-4-9(15)5-8/h8-9,14-15H,1-7H2. The van der Waals surface area contributed by atoms with E-state index in [1.807, 2.05) is 0 Å². The Morgan fingerprint density at radius 3 is 2.56 bits per heavy atom. The molecule has 1 aliphatic carbocycles. The lowest BCUT2D eigenvalue weighted by molar-refractivity contribution is -0.173. The zero-order valence-corrected chi connectivity index (χ0v) is 9.09. The third-order valence-corrected chi connectivity index (χ3v) is 2.55. The average molecular weight is 241 g/mol. The Bertz CT molecular complexity index is 193. The third kappa shape index (κ3) is 6.30. The number of aliphatic hydroxyl groups excluding tert-OH is 1. The molecule has 0 aromatic heterocycles. The molecule has 1 aliphatic rings. The van der Waals surface area contributed by atoms with E-state index in [9.17, 15) is 13.2 Å². The van der Waals surface area contributed by atoms with E-state index in [4.69, 9.17) is 5.11 Å². The summed E-state index contributed by atoms with van der Waals surface area (Å²) in [5.74, 6) is 0.520. The van der Waals surface area contributed by atoms with Crippen LogP contribution in [0.2, 0.25) is 0 Å². The molecule has 0 aromatic carbocycles. The normalized spacial score (nSPS) is 25.5. The number of halogens is 3. The fourth-order valence-electron chi connectivity index (χ4n) is 1.66. The summed E-state index contributed by atoms with van der Waals surface area (Å²) in [6.45, 7) is 0.447. The van der Waals surface area contributed by atoms with Gasteiger partial charge < -0.3 is 15.2 Å². The minimum Gasteiger partial charge on any atom is -0.393 e. The highest BCUT2D eigenvalue weighted by atomic mass is 19.4. The fourth-order valence-corrected chi connectivity index (χ4v) is 1.66. The number of rotatable bonds is 7. The molecule has 1 fully saturated rings. The fraction of sp³-hybridized carbons (Fsp3) is 1.00. The molecule has 0 aliphatic heterocycles. The SMILES string of the molecule is OC1CC(CNCCCOCC(F)(F)F)C1. The van der Waals surface area contributed by atoms with Crippen LogP contribution in [0, 0.1) is 5.92 Å². The highest BCUT2D eigenvalue weighted by Crippen LogP contribution is 2.25. The summed E-state index contributed by atoms with van der Waals surface area (Å²) >= 11 is 0. The van der Waals surface area contributed by atoms with Crippen molar-refractivity contribution in [1.29, 1.82) is 0 Å². The second kappa shape index (κ2) is 6.42. The first-order valence-electron chi connectivity index (χ1n) is 5.50. The number of nitrogens with one attached hydrogen (secondary N) is 1. The minimum atomic E-state index is -4.23. The summed E-state index contributed by atoms with van der Waals surface area (Å²) in [6.07, 6.45) is -2.14. The lowest BCUT2D eigenvalue weighted by Crippen LogP contribution is -2.36. The second-order valence-electron chi connectivity index (χ2n) is 4.22. The van der Waals surface area contributed by atoms with Crippen LogP contribution in [0.3, 0.4) is 0 Å². The molecular weight excluding hydrogens is 223 g/mol. The van der Waals surface area contributed by atoms with Gasteiger partial charge in [0, 0.05) is 6.61 Å². The Morgan fingerprint density at radius 2 is 2.00 bits per heavy atom. The van der Waals surface area contributed by atoms with Crippen LogP contribution in [0.1, 0.15) is 19.3 Å². The van der Waals surface area contributed by atoms with Crippen LogP contribution in [0.15, 0.2) is 0 Å². The number of aliphatic hydroxyl groups is 1. The molecule has 0 unspecified atom stereocenters. The molecule has 0 amide bonds. The summed E-state index contributed by atoms with van der Waals surface area (Å²) in [5, 5.41) is 12.1. The van der Waals surface area contributed by atoms with Crippen LogP contribution in [0.4, 0.5) is 13.2 Å². The number of hydrogen-bond donors (Lipinski definition) is 2. The van der Waals surface area contributed by atoms with Gasteiger partial charge in [0.1, 0.15) is 6.61 Å². The Hall–Kier alpha value is -0.330. The van der Waals surface area contributed by atoms with Gasteiger partial charge in [0.15, 0.2) is 0 Å². The quantitative estimate of drug-likeness (QED) is 0.660. The number of hydrogen-bond acceptors (Lipinski definition) is 3. The molecule has 96 valence electrons. The highest BCUT2D eigenvalue weighted by Gasteiger charge is 2.27. The molecule has 0 saturated heterocycles. The summed E-state index contributed by atoms with van der Waals surface area (Å²) in [4.78, 5) is 0. The van der Waals surface area contributed by atoms with Gasteiger partial charge in [0.2, 0.25) is 0 Å². The van der Waals surface area contributed by atoms with E-state index < -0.39 is 12.8 Å². The minimum absolute atomic E-state index is 0.125. The lowest BCUT2D eigenvalue weighted by atomic mass is 9.82. The molecule has 2 N–H and O–H groups in total. The molecule has 3 nitrogen and oxygen atoms in total. The van der Waals surface area contributed by atoms with E-state index in [0.29, 0.717) is 18.9 Å². The van der Waals surface area contributed by atoms with E-state index in [1.54, 1.807) is 0 Å². The zero-order chi connectivity index (χ0) is 12.0. The van der Waals surface area contributed by atoms with E-state index >= 15 is 0 Å². The van der Waals surface area contributed by atoms with Gasteiger partial charge in [0.05, 0.1) is 6.10 Å². The molecule has 0 bridgehead atoms. The van der Waals surface area contributed by atoms with Crippen molar-refractivity contribution in [3.63, 3.8) is 0 Å². The lowest BCUT2D eigenvalue weighted by Gasteiger charge is -2.31. The van der Waals surface area contributed by atoms with Crippen molar-refractivity contribution in [3.05, 3.63) is 0 Å². The molecule has 0 aromatic rings. The van der Waals surface area contributed by atoms with E-state index in [1.165, 1.54) is 0 Å². The largest absolute Gasteiger partial charge is 0.411 e. The van der Waals surface area contributed by atoms with Crippen LogP contribution in [0.5, 0.6) is 0 Å². The predicted molar refractivity (Wildman–Crippen MR) is 53.1 cm³/mol. The highest BCUT2D eigenvalue weighted by molar-refractivity contribution is 4.79. The molecule has 16 heavy (non-hydrogen) atoms. The van der Waals surface area contributed by atoms with Gasteiger partial charge in [-0.3, -0.25) is 0 Å². The molecule has 1 saturated carbocycles. The Labute approximate surface area is 93.0 Å². The van der Waals surface area contributed by atoms with Gasteiger partial charge in [-0.2, -0.15) is 13.2 Å². The van der Waals surface area contributed by atoms with Crippen molar-refractivity contribution in [2.24, 2.45) is 5.92 Å². The van der Waals surface area contributed by atoms with Crippen molar-refractivity contribution in [2.75, 3.05) is 26.3 Å². The Kier molecular flexibility index (Phi) is 5.51. The summed E-state index contributed by atoms with van der Waals surface area (Å²) < 4.78 is 39.4. The molecule has 0 atom stereocenters. The van der Waals surface area contributed by atoms with Crippen LogP contribution >= 0.6 is 0 Å². The van der Waals surface area contributed by atoms with Crippen LogP contribution in [-0.4, -0.2) is 43.7 Å². The molecule has 0 spiro atoms. The second-order valence-corrected chi connectivity index (χ2v) is 4.22.